The fourth-order valence-electron chi connectivity index (χ4n) is 2.23. The lowest BCUT2D eigenvalue weighted by Crippen LogP contribution is -2.45. The van der Waals surface area contributed by atoms with Crippen LogP contribution in [0.25, 0.3) is 0 Å². The van der Waals surface area contributed by atoms with Crippen molar-refractivity contribution in [2.45, 2.75) is 24.7 Å². The topological polar surface area (TPSA) is 94.9 Å². The first-order valence-corrected chi connectivity index (χ1v) is 8.00. The first kappa shape index (κ1) is 14.9. The molecule has 0 radical (unpaired) electrons. The molecule has 1 aromatic rings. The van der Waals surface area contributed by atoms with Crippen LogP contribution in [0.2, 0.25) is 0 Å². The van der Waals surface area contributed by atoms with Gasteiger partial charge in [0.15, 0.2) is 0 Å². The number of sulfonamides is 1. The molecule has 1 aliphatic heterocycles. The molecule has 2 rings (SSSR count). The van der Waals surface area contributed by atoms with Crippen LogP contribution in [0.15, 0.2) is 23.2 Å². The number of piperidine rings is 1. The lowest BCUT2D eigenvalue weighted by atomic mass is 9.83. The monoisotopic (exact) mass is 294 g/mol. The number of hydrogen-bond acceptors (Lipinski definition) is 5. The Hall–Kier alpha value is -1.49. The maximum Gasteiger partial charge on any atom is 0.242 e. The van der Waals surface area contributed by atoms with Gasteiger partial charge in [-0.05, 0) is 36.9 Å². The van der Waals surface area contributed by atoms with Gasteiger partial charge in [-0.2, -0.15) is 5.26 Å². The van der Waals surface area contributed by atoms with E-state index < -0.39 is 10.0 Å². The van der Waals surface area contributed by atoms with Gasteiger partial charge in [-0.15, -0.1) is 0 Å². The van der Waals surface area contributed by atoms with E-state index in [-0.39, 0.29) is 16.0 Å². The molecule has 0 saturated carbocycles. The fraction of sp³-hybridized carbons (Fsp3) is 0.538. The maximum atomic E-state index is 12.2. The van der Waals surface area contributed by atoms with Crippen molar-refractivity contribution in [1.29, 1.82) is 5.26 Å². The van der Waals surface area contributed by atoms with E-state index in [2.05, 4.69) is 21.9 Å². The predicted molar refractivity (Wildman–Crippen MR) is 74.4 cm³/mol. The Morgan fingerprint density at radius 3 is 2.90 bits per heavy atom. The van der Waals surface area contributed by atoms with Crippen LogP contribution in [-0.2, 0) is 10.0 Å². The van der Waals surface area contributed by atoms with Crippen LogP contribution in [0.5, 0.6) is 0 Å². The highest BCUT2D eigenvalue weighted by Crippen LogP contribution is 2.24. The molecule has 0 amide bonds. The Kier molecular flexibility index (Phi) is 4.38. The van der Waals surface area contributed by atoms with Gasteiger partial charge < -0.3 is 5.32 Å². The average Bonchev–Trinajstić information content (AvgIpc) is 2.46. The summed E-state index contributed by atoms with van der Waals surface area (Å²) in [6.07, 6.45) is 3.26. The van der Waals surface area contributed by atoms with Crippen LogP contribution in [0, 0.1) is 16.7 Å². The van der Waals surface area contributed by atoms with Crippen LogP contribution in [0.1, 0.15) is 25.5 Å². The molecule has 1 unspecified atom stereocenters. The Bertz CT molecular complexity index is 598. The second-order valence-electron chi connectivity index (χ2n) is 5.41. The number of nitrogens with one attached hydrogen (secondary N) is 2. The molecule has 1 aromatic heterocycles. The Morgan fingerprint density at radius 2 is 2.35 bits per heavy atom. The van der Waals surface area contributed by atoms with Crippen molar-refractivity contribution in [2.24, 2.45) is 5.41 Å². The van der Waals surface area contributed by atoms with Crippen LogP contribution in [0.3, 0.4) is 0 Å². The second-order valence-corrected chi connectivity index (χ2v) is 7.17. The molecule has 7 heteroatoms. The van der Waals surface area contributed by atoms with Crippen molar-refractivity contribution in [3.8, 4) is 6.07 Å². The molecule has 1 fully saturated rings. The molecule has 0 aliphatic carbocycles. The minimum atomic E-state index is -3.57. The molecule has 2 N–H and O–H groups in total. The predicted octanol–water partition coefficient (Wildman–Crippen LogP) is 0.621. The van der Waals surface area contributed by atoms with Gasteiger partial charge in [-0.1, -0.05) is 6.92 Å². The average molecular weight is 294 g/mol. The molecule has 0 aromatic carbocycles. The number of rotatable bonds is 4. The first-order valence-electron chi connectivity index (χ1n) is 6.52. The molecule has 1 aliphatic rings. The van der Waals surface area contributed by atoms with E-state index >= 15 is 0 Å². The third-order valence-corrected chi connectivity index (χ3v) is 4.92. The van der Waals surface area contributed by atoms with Crippen LogP contribution in [-0.4, -0.2) is 33.0 Å². The fourth-order valence-corrected chi connectivity index (χ4v) is 3.37. The highest BCUT2D eigenvalue weighted by Gasteiger charge is 2.28. The van der Waals surface area contributed by atoms with E-state index in [1.54, 1.807) is 0 Å². The van der Waals surface area contributed by atoms with Gasteiger partial charge >= 0.3 is 0 Å². The molecule has 1 atom stereocenters. The molecular formula is C13H18N4O2S. The molecule has 20 heavy (non-hydrogen) atoms. The van der Waals surface area contributed by atoms with Gasteiger partial charge in [0.2, 0.25) is 10.0 Å². The normalized spacial score (nSPS) is 23.2. The van der Waals surface area contributed by atoms with Crippen molar-refractivity contribution in [3.63, 3.8) is 0 Å². The second kappa shape index (κ2) is 5.87. The zero-order valence-corrected chi connectivity index (χ0v) is 12.2. The van der Waals surface area contributed by atoms with Crippen molar-refractivity contribution in [2.75, 3.05) is 19.6 Å². The zero-order chi connectivity index (χ0) is 14.6. The Labute approximate surface area is 119 Å². The number of nitriles is 1. The third kappa shape index (κ3) is 3.54. The van der Waals surface area contributed by atoms with Crippen molar-refractivity contribution < 1.29 is 8.42 Å². The number of aromatic nitrogens is 1. The van der Waals surface area contributed by atoms with Crippen molar-refractivity contribution >= 4 is 10.0 Å². The minimum Gasteiger partial charge on any atom is -0.316 e. The standard InChI is InChI=1S/C13H18N4O2S/c1-13(5-2-6-15-9-13)10-17-20(18,19)12-4-3-11(7-14)16-8-12/h3-4,8,15,17H,2,5-6,9-10H2,1H3. The van der Waals surface area contributed by atoms with E-state index in [0.717, 1.165) is 25.9 Å². The molecule has 2 heterocycles. The summed E-state index contributed by atoms with van der Waals surface area (Å²) < 4.78 is 27.0. The number of hydrogen-bond donors (Lipinski definition) is 2. The summed E-state index contributed by atoms with van der Waals surface area (Å²) in [5.74, 6) is 0. The summed E-state index contributed by atoms with van der Waals surface area (Å²) in [5.41, 5.74) is 0.137. The first-order chi connectivity index (χ1) is 9.45. The minimum absolute atomic E-state index is 0.0641. The smallest absolute Gasteiger partial charge is 0.242 e. The molecular weight excluding hydrogens is 276 g/mol. The van der Waals surface area contributed by atoms with E-state index in [4.69, 9.17) is 5.26 Å². The number of nitrogens with zero attached hydrogens (tertiary/aromatic N) is 2. The molecule has 108 valence electrons. The van der Waals surface area contributed by atoms with Gasteiger partial charge in [0.1, 0.15) is 16.7 Å². The van der Waals surface area contributed by atoms with Gasteiger partial charge in [0, 0.05) is 19.3 Å². The molecule has 6 nitrogen and oxygen atoms in total. The quantitative estimate of drug-likeness (QED) is 0.849. The Balaban J connectivity index is 2.05. The third-order valence-electron chi connectivity index (χ3n) is 3.54. The number of pyridine rings is 1. The Morgan fingerprint density at radius 1 is 1.55 bits per heavy atom. The summed E-state index contributed by atoms with van der Waals surface area (Å²) >= 11 is 0. The van der Waals surface area contributed by atoms with Gasteiger partial charge in [0.25, 0.3) is 0 Å². The maximum absolute atomic E-state index is 12.2. The van der Waals surface area contributed by atoms with Crippen molar-refractivity contribution in [1.82, 2.24) is 15.0 Å². The van der Waals surface area contributed by atoms with Gasteiger partial charge in [0.05, 0.1) is 0 Å². The van der Waals surface area contributed by atoms with E-state index in [9.17, 15) is 8.42 Å². The highest BCUT2D eigenvalue weighted by atomic mass is 32.2. The summed E-state index contributed by atoms with van der Waals surface area (Å²) in [5, 5.41) is 11.9. The lowest BCUT2D eigenvalue weighted by molar-refractivity contribution is 0.238. The summed E-state index contributed by atoms with van der Waals surface area (Å²) in [4.78, 5) is 3.87. The van der Waals surface area contributed by atoms with Gasteiger partial charge in [-0.25, -0.2) is 18.1 Å². The van der Waals surface area contributed by atoms with Gasteiger partial charge in [-0.3, -0.25) is 0 Å². The summed E-state index contributed by atoms with van der Waals surface area (Å²) in [6, 6.07) is 4.66. The SMILES string of the molecule is CC1(CNS(=O)(=O)c2ccc(C#N)nc2)CCCNC1. The zero-order valence-electron chi connectivity index (χ0n) is 11.4. The summed E-state index contributed by atoms with van der Waals surface area (Å²) in [7, 11) is -3.57. The van der Waals surface area contributed by atoms with Crippen LogP contribution in [0.4, 0.5) is 0 Å². The molecule has 1 saturated heterocycles. The molecule has 0 bridgehead atoms. The van der Waals surface area contributed by atoms with E-state index in [0.29, 0.717) is 6.54 Å². The lowest BCUT2D eigenvalue weighted by Gasteiger charge is -2.34. The van der Waals surface area contributed by atoms with Crippen LogP contribution < -0.4 is 10.0 Å². The summed E-state index contributed by atoms with van der Waals surface area (Å²) in [6.45, 7) is 4.25. The van der Waals surface area contributed by atoms with Crippen molar-refractivity contribution in [3.05, 3.63) is 24.0 Å². The van der Waals surface area contributed by atoms with Crippen LogP contribution >= 0.6 is 0 Å². The van der Waals surface area contributed by atoms with E-state index in [1.807, 2.05) is 6.07 Å². The molecule has 0 spiro atoms. The largest absolute Gasteiger partial charge is 0.316 e. The highest BCUT2D eigenvalue weighted by molar-refractivity contribution is 7.89. The van der Waals surface area contributed by atoms with E-state index in [1.165, 1.54) is 18.3 Å².